The Morgan fingerprint density at radius 1 is 0.955 bits per heavy atom. The number of aromatic nitrogens is 2. The summed E-state index contributed by atoms with van der Waals surface area (Å²) in [6, 6.07) is 16.5. The molecule has 0 radical (unpaired) electrons. The van der Waals surface area contributed by atoms with Gasteiger partial charge in [-0.25, -0.2) is 4.68 Å². The van der Waals surface area contributed by atoms with E-state index in [9.17, 15) is 0 Å². The fraction of sp³-hybridized carbons (Fsp3) is 0. The molecule has 0 atom stereocenters. The molecule has 6 nitrogen and oxygen atoms in total. The van der Waals surface area contributed by atoms with Gasteiger partial charge in [-0.1, -0.05) is 35.9 Å². The number of nitrogens with two attached hydrogens (primary N) is 2. The topological polar surface area (TPSA) is 94.6 Å². The average Bonchev–Trinajstić information content (AvgIpc) is 2.81. The largest absolute Gasteiger partial charge is 0.382 e. The Balaban J connectivity index is 1.97. The third kappa shape index (κ3) is 2.77. The van der Waals surface area contributed by atoms with Gasteiger partial charge in [-0.05, 0) is 30.3 Å². The van der Waals surface area contributed by atoms with Gasteiger partial charge in [0, 0.05) is 5.02 Å². The molecule has 1 heterocycles. The lowest BCUT2D eigenvalue weighted by Gasteiger charge is -2.02. The third-order valence-corrected chi connectivity index (χ3v) is 3.23. The van der Waals surface area contributed by atoms with E-state index in [0.717, 1.165) is 5.69 Å². The van der Waals surface area contributed by atoms with Gasteiger partial charge >= 0.3 is 0 Å². The van der Waals surface area contributed by atoms with Crippen molar-refractivity contribution in [1.82, 2.24) is 9.78 Å². The number of anilines is 2. The summed E-state index contributed by atoms with van der Waals surface area (Å²) in [7, 11) is 0. The van der Waals surface area contributed by atoms with Gasteiger partial charge in [0.05, 0.1) is 11.4 Å². The lowest BCUT2D eigenvalue weighted by molar-refractivity contribution is 0.897. The molecule has 22 heavy (non-hydrogen) atoms. The maximum Gasteiger partial charge on any atom is 0.176 e. The molecule has 3 rings (SSSR count). The summed E-state index contributed by atoms with van der Waals surface area (Å²) in [4.78, 5) is 0. The molecule has 0 aliphatic rings. The molecule has 0 unspecified atom stereocenters. The first kappa shape index (κ1) is 14.1. The molecule has 1 aromatic heterocycles. The van der Waals surface area contributed by atoms with Crippen LogP contribution < -0.4 is 11.5 Å². The van der Waals surface area contributed by atoms with Crippen LogP contribution in [0.3, 0.4) is 0 Å². The number of hydrogen-bond donors (Lipinski definition) is 2. The van der Waals surface area contributed by atoms with Crippen LogP contribution in [-0.4, -0.2) is 9.78 Å². The molecule has 0 amide bonds. The predicted octanol–water partition coefficient (Wildman–Crippen LogP) is 4.11. The molecule has 7 heteroatoms. The molecule has 4 N–H and O–H groups in total. The van der Waals surface area contributed by atoms with E-state index in [1.807, 2.05) is 30.3 Å². The van der Waals surface area contributed by atoms with Gasteiger partial charge in [-0.15, -0.1) is 10.2 Å². The van der Waals surface area contributed by atoms with Gasteiger partial charge in [0.2, 0.25) is 0 Å². The van der Waals surface area contributed by atoms with Gasteiger partial charge in [0.15, 0.2) is 17.3 Å². The van der Waals surface area contributed by atoms with E-state index in [2.05, 4.69) is 15.3 Å². The Morgan fingerprint density at radius 2 is 1.73 bits per heavy atom. The number of nitrogen functional groups attached to an aromatic ring is 2. The van der Waals surface area contributed by atoms with Crippen molar-refractivity contribution in [2.45, 2.75) is 0 Å². The number of rotatable bonds is 3. The summed E-state index contributed by atoms with van der Waals surface area (Å²) in [5.41, 5.74) is 13.7. The van der Waals surface area contributed by atoms with E-state index >= 15 is 0 Å². The van der Waals surface area contributed by atoms with Crippen molar-refractivity contribution in [3.05, 3.63) is 59.6 Å². The first-order chi connectivity index (χ1) is 10.6. The van der Waals surface area contributed by atoms with Crippen molar-refractivity contribution in [2.24, 2.45) is 10.2 Å². The van der Waals surface area contributed by atoms with E-state index < -0.39 is 0 Å². The van der Waals surface area contributed by atoms with E-state index in [4.69, 9.17) is 23.1 Å². The number of benzene rings is 2. The Kier molecular flexibility index (Phi) is 3.76. The summed E-state index contributed by atoms with van der Waals surface area (Å²) in [5, 5.41) is 13.0. The van der Waals surface area contributed by atoms with Gasteiger partial charge < -0.3 is 11.5 Å². The van der Waals surface area contributed by atoms with Crippen LogP contribution in [0.5, 0.6) is 0 Å². The van der Waals surface area contributed by atoms with Crippen LogP contribution in [0.2, 0.25) is 5.02 Å². The summed E-state index contributed by atoms with van der Waals surface area (Å²) in [6.07, 6.45) is 0. The molecule has 0 bridgehead atoms. The quantitative estimate of drug-likeness (QED) is 0.712. The Labute approximate surface area is 132 Å². The second kappa shape index (κ2) is 5.87. The van der Waals surface area contributed by atoms with Crippen LogP contribution >= 0.6 is 11.6 Å². The van der Waals surface area contributed by atoms with Crippen LogP contribution in [0.25, 0.3) is 5.69 Å². The zero-order valence-electron chi connectivity index (χ0n) is 11.5. The van der Waals surface area contributed by atoms with Crippen molar-refractivity contribution < 1.29 is 0 Å². The van der Waals surface area contributed by atoms with Crippen LogP contribution in [0.1, 0.15) is 0 Å². The monoisotopic (exact) mass is 312 g/mol. The van der Waals surface area contributed by atoms with Crippen molar-refractivity contribution in [2.75, 3.05) is 11.5 Å². The van der Waals surface area contributed by atoms with Crippen LogP contribution in [-0.2, 0) is 0 Å². The van der Waals surface area contributed by atoms with E-state index in [-0.39, 0.29) is 5.82 Å². The van der Waals surface area contributed by atoms with E-state index in [0.29, 0.717) is 22.2 Å². The van der Waals surface area contributed by atoms with Crippen LogP contribution in [0.15, 0.2) is 64.8 Å². The highest BCUT2D eigenvalue weighted by atomic mass is 35.5. The van der Waals surface area contributed by atoms with Gasteiger partial charge in [-0.2, -0.15) is 5.11 Å². The molecular formula is C15H13ClN6. The minimum absolute atomic E-state index is 0.215. The van der Waals surface area contributed by atoms with E-state index in [1.54, 1.807) is 24.3 Å². The van der Waals surface area contributed by atoms with Crippen molar-refractivity contribution in [1.29, 1.82) is 0 Å². The molecule has 3 aromatic rings. The minimum Gasteiger partial charge on any atom is -0.382 e. The van der Waals surface area contributed by atoms with E-state index in [1.165, 1.54) is 4.68 Å². The zero-order valence-corrected chi connectivity index (χ0v) is 12.3. The van der Waals surface area contributed by atoms with Gasteiger partial charge in [0.1, 0.15) is 0 Å². The molecular weight excluding hydrogens is 300 g/mol. The number of nitrogens with zero attached hydrogens (tertiary/aromatic N) is 4. The number of halogens is 1. The van der Waals surface area contributed by atoms with Gasteiger partial charge in [0.25, 0.3) is 0 Å². The lowest BCUT2D eigenvalue weighted by Crippen LogP contribution is -2.01. The number of hydrogen-bond acceptors (Lipinski definition) is 5. The molecule has 0 aliphatic heterocycles. The number of para-hydroxylation sites is 1. The fourth-order valence-corrected chi connectivity index (χ4v) is 2.14. The molecule has 2 aromatic carbocycles. The van der Waals surface area contributed by atoms with Crippen LogP contribution in [0, 0.1) is 0 Å². The highest BCUT2D eigenvalue weighted by molar-refractivity contribution is 6.30. The summed E-state index contributed by atoms with van der Waals surface area (Å²) < 4.78 is 1.53. The molecule has 0 fully saturated rings. The lowest BCUT2D eigenvalue weighted by atomic mass is 10.3. The molecule has 0 saturated carbocycles. The Morgan fingerprint density at radius 3 is 2.45 bits per heavy atom. The summed E-state index contributed by atoms with van der Waals surface area (Å²) >= 11 is 5.91. The molecule has 0 spiro atoms. The normalized spacial score (nSPS) is 11.1. The zero-order chi connectivity index (χ0) is 15.5. The van der Waals surface area contributed by atoms with Crippen molar-refractivity contribution in [3.8, 4) is 5.69 Å². The summed E-state index contributed by atoms with van der Waals surface area (Å²) in [5.74, 6) is 0.543. The first-order valence-corrected chi connectivity index (χ1v) is 6.89. The third-order valence-electron chi connectivity index (χ3n) is 3.00. The average molecular weight is 313 g/mol. The van der Waals surface area contributed by atoms with Crippen molar-refractivity contribution >= 4 is 34.6 Å². The maximum absolute atomic E-state index is 6.07. The molecule has 0 saturated heterocycles. The van der Waals surface area contributed by atoms with Gasteiger partial charge in [-0.3, -0.25) is 0 Å². The smallest absolute Gasteiger partial charge is 0.176 e. The maximum atomic E-state index is 6.07. The predicted molar refractivity (Wildman–Crippen MR) is 88.0 cm³/mol. The Hall–Kier alpha value is -2.86. The highest BCUT2D eigenvalue weighted by Gasteiger charge is 2.14. The van der Waals surface area contributed by atoms with Crippen LogP contribution in [0.4, 0.5) is 23.0 Å². The molecule has 0 aliphatic carbocycles. The Bertz CT molecular complexity index is 825. The van der Waals surface area contributed by atoms with Crippen molar-refractivity contribution in [3.63, 3.8) is 0 Å². The standard InChI is InChI=1S/C15H13ClN6/c16-10-5-4-6-11(9-10)19-20-13-14(17)21-22(15(13)18)12-7-2-1-3-8-12/h1-9H,18H2,(H2,17,21). The SMILES string of the molecule is Nc1nn(-c2ccccc2)c(N)c1N=Nc1cccc(Cl)c1. The second-order valence-corrected chi connectivity index (χ2v) is 4.98. The minimum atomic E-state index is 0.215. The molecule has 110 valence electrons. The first-order valence-electron chi connectivity index (χ1n) is 6.52. The number of azo groups is 1. The highest BCUT2D eigenvalue weighted by Crippen LogP contribution is 2.32. The fourth-order valence-electron chi connectivity index (χ4n) is 1.96. The second-order valence-electron chi connectivity index (χ2n) is 4.55. The summed E-state index contributed by atoms with van der Waals surface area (Å²) in [6.45, 7) is 0.